The molecule has 7 nitrogen and oxygen atoms in total. The van der Waals surface area contributed by atoms with Crippen molar-refractivity contribution in [1.82, 2.24) is 9.47 Å². The number of morpholine rings is 1. The molecule has 0 atom stereocenters. The van der Waals surface area contributed by atoms with E-state index >= 15 is 0 Å². The number of methoxy groups -OCH3 is 1. The van der Waals surface area contributed by atoms with Crippen LogP contribution in [0.3, 0.4) is 0 Å². The fourth-order valence-electron chi connectivity index (χ4n) is 4.19. The summed E-state index contributed by atoms with van der Waals surface area (Å²) in [6, 6.07) is 4.24. The van der Waals surface area contributed by atoms with Gasteiger partial charge in [0.05, 0.1) is 36.4 Å². The summed E-state index contributed by atoms with van der Waals surface area (Å²) in [7, 11) is 1.62. The zero-order valence-corrected chi connectivity index (χ0v) is 16.8. The molecular weight excluding hydrogens is 358 g/mol. The van der Waals surface area contributed by atoms with Crippen molar-refractivity contribution in [2.24, 2.45) is 0 Å². The zero-order chi connectivity index (χ0) is 19.5. The minimum atomic E-state index is 0.0301. The monoisotopic (exact) mass is 387 g/mol. The van der Waals surface area contributed by atoms with Gasteiger partial charge in [-0.3, -0.25) is 14.3 Å². The number of fused-ring (bicyclic) bond motifs is 3. The van der Waals surface area contributed by atoms with Crippen LogP contribution in [-0.4, -0.2) is 56.0 Å². The van der Waals surface area contributed by atoms with Gasteiger partial charge in [0.1, 0.15) is 12.5 Å². The summed E-state index contributed by atoms with van der Waals surface area (Å²) in [5.41, 5.74) is 3.80. The van der Waals surface area contributed by atoms with Crippen molar-refractivity contribution in [3.63, 3.8) is 0 Å². The second kappa shape index (κ2) is 8.51. The summed E-state index contributed by atoms with van der Waals surface area (Å²) in [4.78, 5) is 15.5. The largest absolute Gasteiger partial charge is 0.493 e. The lowest BCUT2D eigenvalue weighted by Crippen LogP contribution is -2.35. The average molecular weight is 387 g/mol. The maximum absolute atomic E-state index is 13.2. The molecule has 1 aromatic heterocycles. The van der Waals surface area contributed by atoms with E-state index in [2.05, 4.69) is 22.3 Å². The number of hydrogen-bond acceptors (Lipinski definition) is 6. The van der Waals surface area contributed by atoms with E-state index in [1.807, 2.05) is 6.92 Å². The van der Waals surface area contributed by atoms with Crippen molar-refractivity contribution in [1.29, 1.82) is 0 Å². The van der Waals surface area contributed by atoms with Crippen molar-refractivity contribution >= 4 is 16.6 Å². The Labute approximate surface area is 165 Å². The van der Waals surface area contributed by atoms with Crippen LogP contribution < -0.4 is 15.6 Å². The summed E-state index contributed by atoms with van der Waals surface area (Å²) in [5, 5.41) is 4.44. The Bertz CT molecular complexity index is 903. The highest BCUT2D eigenvalue weighted by Crippen LogP contribution is 2.37. The molecule has 0 spiro atoms. The highest BCUT2D eigenvalue weighted by atomic mass is 16.5. The first-order chi connectivity index (χ1) is 13.7. The number of pyridine rings is 1. The summed E-state index contributed by atoms with van der Waals surface area (Å²) in [5.74, 6) is 0.832. The number of hydrogen-bond donors (Lipinski definition) is 1. The topological polar surface area (TPSA) is 65.0 Å². The Morgan fingerprint density at radius 3 is 2.82 bits per heavy atom. The van der Waals surface area contributed by atoms with Crippen LogP contribution in [0.15, 0.2) is 16.9 Å². The van der Waals surface area contributed by atoms with E-state index in [-0.39, 0.29) is 12.3 Å². The lowest BCUT2D eigenvalue weighted by Gasteiger charge is -2.28. The second-order valence-electron chi connectivity index (χ2n) is 7.34. The average Bonchev–Trinajstić information content (AvgIpc) is 2.72. The molecule has 28 heavy (non-hydrogen) atoms. The van der Waals surface area contributed by atoms with E-state index in [0.29, 0.717) is 6.61 Å². The molecule has 1 aromatic carbocycles. The molecule has 2 aliphatic heterocycles. The van der Waals surface area contributed by atoms with Crippen LogP contribution in [0.25, 0.3) is 10.9 Å². The van der Waals surface area contributed by atoms with Crippen LogP contribution in [-0.2, 0) is 29.2 Å². The van der Waals surface area contributed by atoms with Gasteiger partial charge >= 0.3 is 0 Å². The van der Waals surface area contributed by atoms with Crippen molar-refractivity contribution in [2.45, 2.75) is 33.0 Å². The highest BCUT2D eigenvalue weighted by molar-refractivity contribution is 5.99. The Morgan fingerprint density at radius 1 is 1.25 bits per heavy atom. The van der Waals surface area contributed by atoms with E-state index in [9.17, 15) is 4.79 Å². The molecule has 152 valence electrons. The van der Waals surface area contributed by atoms with Gasteiger partial charge in [0.25, 0.3) is 5.56 Å². The van der Waals surface area contributed by atoms with Gasteiger partial charge in [-0.25, -0.2) is 0 Å². The summed E-state index contributed by atoms with van der Waals surface area (Å²) < 4.78 is 18.6. The zero-order valence-electron chi connectivity index (χ0n) is 16.8. The van der Waals surface area contributed by atoms with Gasteiger partial charge in [0, 0.05) is 38.9 Å². The Balaban J connectivity index is 1.89. The van der Waals surface area contributed by atoms with Crippen LogP contribution in [0.1, 0.15) is 24.5 Å². The van der Waals surface area contributed by atoms with Crippen LogP contribution in [0.5, 0.6) is 5.75 Å². The SMILES string of the molecule is CCOc1cc(CN2CCOCC2)cc2c1c1c(c(=O)n2COC)CCCN1. The molecule has 0 bridgehead atoms. The lowest BCUT2D eigenvalue weighted by molar-refractivity contribution is 0.0342. The Kier molecular flexibility index (Phi) is 5.85. The third kappa shape index (κ3) is 3.62. The minimum Gasteiger partial charge on any atom is -0.493 e. The molecule has 3 heterocycles. The van der Waals surface area contributed by atoms with Gasteiger partial charge in [-0.2, -0.15) is 0 Å². The van der Waals surface area contributed by atoms with E-state index in [0.717, 1.165) is 85.7 Å². The smallest absolute Gasteiger partial charge is 0.258 e. The molecule has 0 saturated carbocycles. The maximum atomic E-state index is 13.2. The molecule has 0 aliphatic carbocycles. The first-order valence-electron chi connectivity index (χ1n) is 10.1. The minimum absolute atomic E-state index is 0.0301. The predicted octanol–water partition coefficient (Wildman–Crippen LogP) is 2.19. The number of benzene rings is 1. The molecule has 1 fully saturated rings. The molecule has 0 unspecified atom stereocenters. The van der Waals surface area contributed by atoms with Crippen LogP contribution >= 0.6 is 0 Å². The van der Waals surface area contributed by atoms with Crippen molar-refractivity contribution in [3.8, 4) is 5.75 Å². The lowest BCUT2D eigenvalue weighted by atomic mass is 9.99. The number of nitrogens with one attached hydrogen (secondary N) is 1. The van der Waals surface area contributed by atoms with Gasteiger partial charge in [0.15, 0.2) is 0 Å². The molecule has 1 saturated heterocycles. The molecule has 0 amide bonds. The van der Waals surface area contributed by atoms with E-state index in [1.165, 1.54) is 0 Å². The Morgan fingerprint density at radius 2 is 2.07 bits per heavy atom. The van der Waals surface area contributed by atoms with Crippen molar-refractivity contribution in [2.75, 3.05) is 51.9 Å². The number of aromatic nitrogens is 1. The number of rotatable bonds is 6. The predicted molar refractivity (Wildman–Crippen MR) is 109 cm³/mol. The van der Waals surface area contributed by atoms with E-state index in [4.69, 9.17) is 14.2 Å². The highest BCUT2D eigenvalue weighted by Gasteiger charge is 2.23. The summed E-state index contributed by atoms with van der Waals surface area (Å²) in [6.07, 6.45) is 1.74. The van der Waals surface area contributed by atoms with Crippen LogP contribution in [0, 0.1) is 0 Å². The second-order valence-corrected chi connectivity index (χ2v) is 7.34. The van der Waals surface area contributed by atoms with Gasteiger partial charge in [-0.15, -0.1) is 0 Å². The van der Waals surface area contributed by atoms with Gasteiger partial charge < -0.3 is 19.5 Å². The molecule has 1 N–H and O–H groups in total. The van der Waals surface area contributed by atoms with E-state index < -0.39 is 0 Å². The molecule has 2 aliphatic rings. The molecule has 0 radical (unpaired) electrons. The normalized spacial score (nSPS) is 17.4. The van der Waals surface area contributed by atoms with Crippen LogP contribution in [0.2, 0.25) is 0 Å². The van der Waals surface area contributed by atoms with Gasteiger partial charge in [-0.05, 0) is 37.5 Å². The quantitative estimate of drug-likeness (QED) is 0.820. The third-order valence-electron chi connectivity index (χ3n) is 5.46. The fourth-order valence-corrected chi connectivity index (χ4v) is 4.19. The Hall–Kier alpha value is -2.09. The molecular formula is C21H29N3O4. The van der Waals surface area contributed by atoms with Gasteiger partial charge in [0.2, 0.25) is 0 Å². The first kappa shape index (κ1) is 19.2. The fraction of sp³-hybridized carbons (Fsp3) is 0.571. The molecule has 2 aromatic rings. The van der Waals surface area contributed by atoms with Crippen molar-refractivity contribution in [3.05, 3.63) is 33.6 Å². The molecule has 4 rings (SSSR count). The molecule has 7 heteroatoms. The van der Waals surface area contributed by atoms with Gasteiger partial charge in [-0.1, -0.05) is 0 Å². The van der Waals surface area contributed by atoms with Crippen LogP contribution in [0.4, 0.5) is 5.69 Å². The third-order valence-corrected chi connectivity index (χ3v) is 5.46. The first-order valence-corrected chi connectivity index (χ1v) is 10.1. The van der Waals surface area contributed by atoms with E-state index in [1.54, 1.807) is 11.7 Å². The standard InChI is InChI=1S/C21H29N3O4/c1-3-28-18-12-15(13-23-7-9-27-10-8-23)11-17-19(18)20-16(5-4-6-22-20)21(25)24(17)14-26-2/h11-12,22H,3-10,13-14H2,1-2H3. The summed E-state index contributed by atoms with van der Waals surface area (Å²) >= 11 is 0. The number of nitrogens with zero attached hydrogens (tertiary/aromatic N) is 2. The number of anilines is 1. The van der Waals surface area contributed by atoms with Crippen molar-refractivity contribution < 1.29 is 14.2 Å². The maximum Gasteiger partial charge on any atom is 0.258 e. The summed E-state index contributed by atoms with van der Waals surface area (Å²) in [6.45, 7) is 7.84. The number of ether oxygens (including phenoxy) is 3.